The molecule has 3 rings (SSSR count). The first-order chi connectivity index (χ1) is 12.4. The van der Waals surface area contributed by atoms with Gasteiger partial charge in [0, 0.05) is 5.69 Å². The lowest BCUT2D eigenvalue weighted by Crippen LogP contribution is -2.56. The standard InChI is InChI=1S/C20H24N2O4/c1-5-25-20(24)17-13(3)18(21-14(17)4)19(23)22-10-16(11-22)26-15-8-6-7-12(2)9-15/h6-9,16,21H,5,10-11H2,1-4H3. The molecule has 1 aliphatic heterocycles. The molecule has 1 aromatic heterocycles. The van der Waals surface area contributed by atoms with Gasteiger partial charge in [0.1, 0.15) is 17.5 Å². The number of hydrogen-bond donors (Lipinski definition) is 1. The Bertz CT molecular complexity index is 834. The third-order valence-electron chi connectivity index (χ3n) is 4.56. The number of nitrogens with zero attached hydrogens (tertiary/aromatic N) is 1. The highest BCUT2D eigenvalue weighted by Gasteiger charge is 2.35. The fourth-order valence-corrected chi connectivity index (χ4v) is 3.19. The molecule has 1 fully saturated rings. The van der Waals surface area contributed by atoms with Crippen molar-refractivity contribution in [3.05, 3.63) is 52.3 Å². The summed E-state index contributed by atoms with van der Waals surface area (Å²) in [6.45, 7) is 8.67. The lowest BCUT2D eigenvalue weighted by molar-refractivity contribution is 0.0173. The molecule has 6 nitrogen and oxygen atoms in total. The van der Waals surface area contributed by atoms with E-state index in [9.17, 15) is 9.59 Å². The number of aromatic amines is 1. The van der Waals surface area contributed by atoms with Gasteiger partial charge in [0.15, 0.2) is 0 Å². The summed E-state index contributed by atoms with van der Waals surface area (Å²) >= 11 is 0. The van der Waals surface area contributed by atoms with Gasteiger partial charge in [-0.05, 0) is 51.0 Å². The lowest BCUT2D eigenvalue weighted by Gasteiger charge is -2.38. The quantitative estimate of drug-likeness (QED) is 0.836. The van der Waals surface area contributed by atoms with E-state index in [0.29, 0.717) is 42.2 Å². The molecule has 26 heavy (non-hydrogen) atoms. The van der Waals surface area contributed by atoms with E-state index in [1.807, 2.05) is 31.2 Å². The van der Waals surface area contributed by atoms with Gasteiger partial charge in [-0.15, -0.1) is 0 Å². The molecule has 0 aliphatic carbocycles. The molecular formula is C20H24N2O4. The number of ether oxygens (including phenoxy) is 2. The van der Waals surface area contributed by atoms with E-state index >= 15 is 0 Å². The van der Waals surface area contributed by atoms with Crippen molar-refractivity contribution in [3.63, 3.8) is 0 Å². The summed E-state index contributed by atoms with van der Waals surface area (Å²) in [7, 11) is 0. The van der Waals surface area contributed by atoms with Crippen LogP contribution in [0.2, 0.25) is 0 Å². The third-order valence-corrected chi connectivity index (χ3v) is 4.56. The molecule has 6 heteroatoms. The van der Waals surface area contributed by atoms with Crippen LogP contribution in [-0.4, -0.2) is 47.6 Å². The van der Waals surface area contributed by atoms with Crippen LogP contribution in [0.25, 0.3) is 0 Å². The van der Waals surface area contributed by atoms with Crippen LogP contribution in [0.15, 0.2) is 24.3 Å². The number of aromatic nitrogens is 1. The van der Waals surface area contributed by atoms with E-state index in [4.69, 9.17) is 9.47 Å². The zero-order valence-electron chi connectivity index (χ0n) is 15.6. The van der Waals surface area contributed by atoms with Crippen LogP contribution in [-0.2, 0) is 4.74 Å². The highest BCUT2D eigenvalue weighted by Crippen LogP contribution is 2.24. The molecule has 0 bridgehead atoms. The van der Waals surface area contributed by atoms with Gasteiger partial charge in [-0.3, -0.25) is 4.79 Å². The number of aryl methyl sites for hydroxylation is 2. The fraction of sp³-hybridized carbons (Fsp3) is 0.400. The maximum absolute atomic E-state index is 12.7. The number of esters is 1. The molecule has 1 aliphatic rings. The molecule has 1 N–H and O–H groups in total. The SMILES string of the molecule is CCOC(=O)c1c(C)[nH]c(C(=O)N2CC(Oc3cccc(C)c3)C2)c1C. The summed E-state index contributed by atoms with van der Waals surface area (Å²) in [5, 5.41) is 0. The van der Waals surface area contributed by atoms with Crippen molar-refractivity contribution < 1.29 is 19.1 Å². The Kier molecular flexibility index (Phi) is 5.02. The zero-order chi connectivity index (χ0) is 18.8. The van der Waals surface area contributed by atoms with Crippen molar-refractivity contribution in [2.24, 2.45) is 0 Å². The Balaban J connectivity index is 1.65. The van der Waals surface area contributed by atoms with Gasteiger partial charge in [0.2, 0.25) is 0 Å². The molecule has 0 atom stereocenters. The zero-order valence-corrected chi connectivity index (χ0v) is 15.6. The second-order valence-electron chi connectivity index (χ2n) is 6.61. The first kappa shape index (κ1) is 18.0. The second kappa shape index (κ2) is 7.23. The van der Waals surface area contributed by atoms with Gasteiger partial charge in [0.05, 0.1) is 25.3 Å². The predicted molar refractivity (Wildman–Crippen MR) is 97.7 cm³/mol. The summed E-state index contributed by atoms with van der Waals surface area (Å²) in [4.78, 5) is 29.6. The smallest absolute Gasteiger partial charge is 0.340 e. The molecule has 2 heterocycles. The van der Waals surface area contributed by atoms with Crippen molar-refractivity contribution in [1.82, 2.24) is 9.88 Å². The van der Waals surface area contributed by atoms with Gasteiger partial charge < -0.3 is 19.4 Å². The van der Waals surface area contributed by atoms with Crippen LogP contribution in [0, 0.1) is 20.8 Å². The summed E-state index contributed by atoms with van der Waals surface area (Å²) in [6.07, 6.45) is -0.0124. The molecule has 1 amide bonds. The molecule has 0 radical (unpaired) electrons. The van der Waals surface area contributed by atoms with Gasteiger partial charge in [-0.1, -0.05) is 12.1 Å². The van der Waals surface area contributed by atoms with Gasteiger partial charge in [-0.2, -0.15) is 0 Å². The second-order valence-corrected chi connectivity index (χ2v) is 6.61. The number of carbonyl (C=O) groups excluding carboxylic acids is 2. The fourth-order valence-electron chi connectivity index (χ4n) is 3.19. The summed E-state index contributed by atoms with van der Waals surface area (Å²) in [5.74, 6) is 0.297. The average molecular weight is 356 g/mol. The van der Waals surface area contributed by atoms with E-state index in [-0.39, 0.29) is 12.0 Å². The molecule has 1 aromatic carbocycles. The normalized spacial score (nSPS) is 14.1. The summed E-state index contributed by atoms with van der Waals surface area (Å²) in [5.41, 5.74) is 3.31. The van der Waals surface area contributed by atoms with Crippen molar-refractivity contribution >= 4 is 11.9 Å². The maximum Gasteiger partial charge on any atom is 0.340 e. The summed E-state index contributed by atoms with van der Waals surface area (Å²) in [6, 6.07) is 7.87. The largest absolute Gasteiger partial charge is 0.487 e. The highest BCUT2D eigenvalue weighted by molar-refractivity contribution is 6.00. The van der Waals surface area contributed by atoms with E-state index in [0.717, 1.165) is 11.3 Å². The topological polar surface area (TPSA) is 71.6 Å². The number of carbonyl (C=O) groups is 2. The number of likely N-dealkylation sites (tertiary alicyclic amines) is 1. The minimum absolute atomic E-state index is 0.0124. The third kappa shape index (κ3) is 3.45. The minimum Gasteiger partial charge on any atom is -0.487 e. The first-order valence-electron chi connectivity index (χ1n) is 8.79. The van der Waals surface area contributed by atoms with Crippen molar-refractivity contribution in [1.29, 1.82) is 0 Å². The van der Waals surface area contributed by atoms with E-state index in [1.165, 1.54) is 0 Å². The number of amides is 1. The number of H-pyrrole nitrogens is 1. The van der Waals surface area contributed by atoms with Crippen LogP contribution in [0.1, 0.15) is 44.6 Å². The Morgan fingerprint density at radius 3 is 2.62 bits per heavy atom. The van der Waals surface area contributed by atoms with E-state index in [2.05, 4.69) is 4.98 Å². The Hall–Kier alpha value is -2.76. The Labute approximate surface area is 153 Å². The van der Waals surface area contributed by atoms with Crippen LogP contribution in [0.5, 0.6) is 5.75 Å². The number of rotatable bonds is 5. The van der Waals surface area contributed by atoms with E-state index < -0.39 is 5.97 Å². The molecule has 0 saturated carbocycles. The van der Waals surface area contributed by atoms with Crippen molar-refractivity contribution in [2.45, 2.75) is 33.8 Å². The average Bonchev–Trinajstić information content (AvgIpc) is 2.85. The molecule has 1 saturated heterocycles. The summed E-state index contributed by atoms with van der Waals surface area (Å²) < 4.78 is 11.0. The van der Waals surface area contributed by atoms with Crippen LogP contribution in [0.3, 0.4) is 0 Å². The van der Waals surface area contributed by atoms with Crippen molar-refractivity contribution in [3.8, 4) is 5.75 Å². The van der Waals surface area contributed by atoms with Crippen LogP contribution in [0.4, 0.5) is 0 Å². The minimum atomic E-state index is -0.401. The molecule has 0 spiro atoms. The maximum atomic E-state index is 12.7. The van der Waals surface area contributed by atoms with Gasteiger partial charge in [-0.25, -0.2) is 4.79 Å². The van der Waals surface area contributed by atoms with Crippen molar-refractivity contribution in [2.75, 3.05) is 19.7 Å². The lowest BCUT2D eigenvalue weighted by atomic mass is 10.1. The van der Waals surface area contributed by atoms with Gasteiger partial charge >= 0.3 is 5.97 Å². The Morgan fingerprint density at radius 2 is 1.96 bits per heavy atom. The monoisotopic (exact) mass is 356 g/mol. The molecule has 138 valence electrons. The predicted octanol–water partition coefficient (Wildman–Crippen LogP) is 3.02. The molecule has 2 aromatic rings. The van der Waals surface area contributed by atoms with E-state index in [1.54, 1.807) is 25.7 Å². The number of benzene rings is 1. The van der Waals surface area contributed by atoms with Crippen LogP contribution < -0.4 is 4.74 Å². The first-order valence-corrected chi connectivity index (χ1v) is 8.79. The molecular weight excluding hydrogens is 332 g/mol. The highest BCUT2D eigenvalue weighted by atomic mass is 16.5. The number of nitrogens with one attached hydrogen (secondary N) is 1. The van der Waals surface area contributed by atoms with Crippen LogP contribution >= 0.6 is 0 Å². The Morgan fingerprint density at radius 1 is 1.23 bits per heavy atom. The molecule has 0 unspecified atom stereocenters. The van der Waals surface area contributed by atoms with Gasteiger partial charge in [0.25, 0.3) is 5.91 Å². The number of hydrogen-bond acceptors (Lipinski definition) is 4.